The molecule has 0 bridgehead atoms. The van der Waals surface area contributed by atoms with E-state index in [1.807, 2.05) is 0 Å². The Morgan fingerprint density at radius 1 is 1.73 bits per heavy atom. The number of carbonyl (C=O) groups is 1. The Balaban J connectivity index is 2.75. The highest BCUT2D eigenvalue weighted by molar-refractivity contribution is 5.85. The van der Waals surface area contributed by atoms with Crippen LogP contribution in [0.15, 0.2) is 0 Å². The molecule has 0 spiro atoms. The second-order valence-corrected chi connectivity index (χ2v) is 3.02. The summed E-state index contributed by atoms with van der Waals surface area (Å²) < 4.78 is 5.06. The number of hydrogen-bond donors (Lipinski definition) is 2. The van der Waals surface area contributed by atoms with Gasteiger partial charge in [-0.25, -0.2) is 0 Å². The van der Waals surface area contributed by atoms with Crippen LogP contribution in [-0.2, 0) is 9.53 Å². The maximum absolute atomic E-state index is 10.9. The molecule has 1 rings (SSSR count). The van der Waals surface area contributed by atoms with Crippen molar-refractivity contribution >= 4 is 5.91 Å². The molecule has 0 aliphatic heterocycles. The molecule has 1 saturated carbocycles. The minimum atomic E-state index is -0.922. The zero-order chi connectivity index (χ0) is 8.48. The van der Waals surface area contributed by atoms with Gasteiger partial charge in [-0.1, -0.05) is 0 Å². The zero-order valence-corrected chi connectivity index (χ0v) is 6.67. The van der Waals surface area contributed by atoms with E-state index in [0.717, 1.165) is 12.8 Å². The Kier molecular flexibility index (Phi) is 2.15. The summed E-state index contributed by atoms with van der Waals surface area (Å²) in [5.41, 5.74) is 9.99. The van der Waals surface area contributed by atoms with Crippen LogP contribution in [0.25, 0.3) is 0 Å². The summed E-state index contributed by atoms with van der Waals surface area (Å²) in [4.78, 5) is 10.9. The number of methoxy groups -OCH3 is 1. The highest BCUT2D eigenvalue weighted by Crippen LogP contribution is 2.29. The third kappa shape index (κ3) is 1.23. The summed E-state index contributed by atoms with van der Waals surface area (Å²) in [6, 6.07) is 0. The molecule has 0 heterocycles. The summed E-state index contributed by atoms with van der Waals surface area (Å²) in [7, 11) is 1.56. The van der Waals surface area contributed by atoms with Gasteiger partial charge in [-0.3, -0.25) is 4.79 Å². The fourth-order valence-electron chi connectivity index (χ4n) is 1.61. The van der Waals surface area contributed by atoms with Crippen LogP contribution in [0.3, 0.4) is 0 Å². The first-order chi connectivity index (χ1) is 5.11. The van der Waals surface area contributed by atoms with E-state index in [4.69, 9.17) is 16.2 Å². The molecule has 0 radical (unpaired) electrons. The third-order valence-electron chi connectivity index (χ3n) is 2.37. The standard InChI is InChI=1S/C7H14N2O2/c1-11-5-3-2-4-7(5,9)6(8)10/h5H,2-4,9H2,1H3,(H2,8,10)/t5-,7-/m0/s1. The fraction of sp³-hybridized carbons (Fsp3) is 0.857. The van der Waals surface area contributed by atoms with Gasteiger partial charge in [-0.05, 0) is 19.3 Å². The van der Waals surface area contributed by atoms with Crippen LogP contribution in [0.5, 0.6) is 0 Å². The van der Waals surface area contributed by atoms with Gasteiger partial charge in [0.2, 0.25) is 5.91 Å². The number of rotatable bonds is 2. The van der Waals surface area contributed by atoms with Gasteiger partial charge in [-0.2, -0.15) is 0 Å². The number of nitrogens with two attached hydrogens (primary N) is 2. The highest BCUT2D eigenvalue weighted by atomic mass is 16.5. The first kappa shape index (κ1) is 8.49. The summed E-state index contributed by atoms with van der Waals surface area (Å²) in [5, 5.41) is 0. The zero-order valence-electron chi connectivity index (χ0n) is 6.67. The first-order valence-electron chi connectivity index (χ1n) is 3.73. The molecule has 0 saturated heterocycles. The van der Waals surface area contributed by atoms with E-state index < -0.39 is 11.4 Å². The van der Waals surface area contributed by atoms with E-state index in [-0.39, 0.29) is 6.10 Å². The Morgan fingerprint density at radius 2 is 2.36 bits per heavy atom. The summed E-state index contributed by atoms with van der Waals surface area (Å²) >= 11 is 0. The number of primary amides is 1. The van der Waals surface area contributed by atoms with Gasteiger partial charge >= 0.3 is 0 Å². The van der Waals surface area contributed by atoms with Gasteiger partial charge in [0.15, 0.2) is 0 Å². The fourth-order valence-corrected chi connectivity index (χ4v) is 1.61. The number of hydrogen-bond acceptors (Lipinski definition) is 3. The molecule has 1 fully saturated rings. The van der Waals surface area contributed by atoms with E-state index >= 15 is 0 Å². The molecule has 4 nitrogen and oxygen atoms in total. The molecular weight excluding hydrogens is 144 g/mol. The molecule has 0 aromatic carbocycles. The second kappa shape index (κ2) is 2.79. The lowest BCUT2D eigenvalue weighted by molar-refractivity contribution is -0.126. The van der Waals surface area contributed by atoms with Crippen molar-refractivity contribution in [2.24, 2.45) is 11.5 Å². The Morgan fingerprint density at radius 3 is 2.73 bits per heavy atom. The van der Waals surface area contributed by atoms with Gasteiger partial charge in [0, 0.05) is 7.11 Å². The average molecular weight is 158 g/mol. The molecule has 1 aliphatic rings. The van der Waals surface area contributed by atoms with E-state index in [0.29, 0.717) is 6.42 Å². The van der Waals surface area contributed by atoms with Crippen molar-refractivity contribution in [3.8, 4) is 0 Å². The number of amides is 1. The number of carbonyl (C=O) groups excluding carboxylic acids is 1. The average Bonchev–Trinajstić information content (AvgIpc) is 2.32. The van der Waals surface area contributed by atoms with Crippen molar-refractivity contribution in [2.75, 3.05) is 7.11 Å². The van der Waals surface area contributed by atoms with Gasteiger partial charge in [0.25, 0.3) is 0 Å². The van der Waals surface area contributed by atoms with Gasteiger partial charge in [0.05, 0.1) is 6.10 Å². The Hall–Kier alpha value is -0.610. The van der Waals surface area contributed by atoms with E-state index in [1.54, 1.807) is 7.11 Å². The minimum Gasteiger partial charge on any atom is -0.379 e. The molecule has 0 aromatic rings. The van der Waals surface area contributed by atoms with Crippen LogP contribution in [-0.4, -0.2) is 24.7 Å². The number of ether oxygens (including phenoxy) is 1. The second-order valence-electron chi connectivity index (χ2n) is 3.02. The molecule has 0 unspecified atom stereocenters. The third-order valence-corrected chi connectivity index (χ3v) is 2.37. The molecule has 1 amide bonds. The van der Waals surface area contributed by atoms with Crippen LogP contribution in [0.1, 0.15) is 19.3 Å². The highest BCUT2D eigenvalue weighted by Gasteiger charge is 2.44. The van der Waals surface area contributed by atoms with Crippen molar-refractivity contribution < 1.29 is 9.53 Å². The predicted octanol–water partition coefficient (Wildman–Crippen LogP) is -0.632. The topological polar surface area (TPSA) is 78.3 Å². The van der Waals surface area contributed by atoms with Gasteiger partial charge in [-0.15, -0.1) is 0 Å². The molecule has 0 aromatic heterocycles. The quantitative estimate of drug-likeness (QED) is 0.561. The van der Waals surface area contributed by atoms with Crippen LogP contribution >= 0.6 is 0 Å². The monoisotopic (exact) mass is 158 g/mol. The lowest BCUT2D eigenvalue weighted by Gasteiger charge is -2.26. The molecule has 2 atom stereocenters. The Bertz CT molecular complexity index is 172. The first-order valence-corrected chi connectivity index (χ1v) is 3.73. The minimum absolute atomic E-state index is 0.194. The molecule has 4 heteroatoms. The molecule has 11 heavy (non-hydrogen) atoms. The van der Waals surface area contributed by atoms with Crippen molar-refractivity contribution in [2.45, 2.75) is 30.9 Å². The van der Waals surface area contributed by atoms with E-state index in [9.17, 15) is 4.79 Å². The van der Waals surface area contributed by atoms with Crippen molar-refractivity contribution in [1.29, 1.82) is 0 Å². The molecular formula is C7H14N2O2. The summed E-state index contributed by atoms with van der Waals surface area (Å²) in [6.07, 6.45) is 2.19. The van der Waals surface area contributed by atoms with Crippen LogP contribution < -0.4 is 11.5 Å². The lowest BCUT2D eigenvalue weighted by atomic mass is 9.96. The van der Waals surface area contributed by atoms with Crippen molar-refractivity contribution in [3.63, 3.8) is 0 Å². The lowest BCUT2D eigenvalue weighted by Crippen LogP contribution is -2.57. The van der Waals surface area contributed by atoms with Crippen LogP contribution in [0.2, 0.25) is 0 Å². The summed E-state index contributed by atoms with van der Waals surface area (Å²) in [6.45, 7) is 0. The summed E-state index contributed by atoms with van der Waals surface area (Å²) in [5.74, 6) is -0.457. The SMILES string of the molecule is CO[C@H]1CCC[C@@]1(N)C(N)=O. The Labute approximate surface area is 65.9 Å². The molecule has 1 aliphatic carbocycles. The van der Waals surface area contributed by atoms with Crippen LogP contribution in [0, 0.1) is 0 Å². The van der Waals surface area contributed by atoms with Crippen LogP contribution in [0.4, 0.5) is 0 Å². The van der Waals surface area contributed by atoms with Gasteiger partial charge in [0.1, 0.15) is 5.54 Å². The molecule has 64 valence electrons. The van der Waals surface area contributed by atoms with Crippen molar-refractivity contribution in [1.82, 2.24) is 0 Å². The van der Waals surface area contributed by atoms with Crippen molar-refractivity contribution in [3.05, 3.63) is 0 Å². The maximum Gasteiger partial charge on any atom is 0.240 e. The molecule has 4 N–H and O–H groups in total. The van der Waals surface area contributed by atoms with E-state index in [1.165, 1.54) is 0 Å². The normalized spacial score (nSPS) is 37.5. The van der Waals surface area contributed by atoms with Gasteiger partial charge < -0.3 is 16.2 Å². The maximum atomic E-state index is 10.9. The smallest absolute Gasteiger partial charge is 0.240 e. The largest absolute Gasteiger partial charge is 0.379 e. The van der Waals surface area contributed by atoms with E-state index in [2.05, 4.69) is 0 Å². The predicted molar refractivity (Wildman–Crippen MR) is 40.8 cm³/mol.